The molecular formula is C21H17Br2ClN2O2. The van der Waals surface area contributed by atoms with Crippen LogP contribution in [0.2, 0.25) is 5.02 Å². The van der Waals surface area contributed by atoms with Crippen molar-refractivity contribution in [1.82, 2.24) is 0 Å². The monoisotopic (exact) mass is 522 g/mol. The van der Waals surface area contributed by atoms with Crippen LogP contribution in [0.15, 0.2) is 75.7 Å². The minimum absolute atomic E-state index is 0.0758. The topological polar surface area (TPSA) is 50.4 Å². The maximum Gasteiger partial charge on any atom is 0.262 e. The second-order valence-electron chi connectivity index (χ2n) is 5.94. The van der Waals surface area contributed by atoms with E-state index in [1.807, 2.05) is 66.7 Å². The lowest BCUT2D eigenvalue weighted by Gasteiger charge is -2.14. The molecule has 0 aliphatic carbocycles. The smallest absolute Gasteiger partial charge is 0.262 e. The second-order valence-corrected chi connectivity index (χ2v) is 8.11. The van der Waals surface area contributed by atoms with Crippen molar-refractivity contribution in [3.8, 4) is 5.75 Å². The Kier molecular flexibility index (Phi) is 7.36. The average Bonchev–Trinajstić information content (AvgIpc) is 2.69. The predicted octanol–water partition coefficient (Wildman–Crippen LogP) is 6.49. The van der Waals surface area contributed by atoms with Crippen molar-refractivity contribution in [1.29, 1.82) is 0 Å². The molecule has 0 bridgehead atoms. The zero-order valence-electron chi connectivity index (χ0n) is 14.7. The highest BCUT2D eigenvalue weighted by Gasteiger charge is 2.09. The Labute approximate surface area is 185 Å². The molecule has 144 valence electrons. The maximum absolute atomic E-state index is 12.1. The van der Waals surface area contributed by atoms with Gasteiger partial charge in [0.25, 0.3) is 5.91 Å². The number of para-hydroxylation sites is 1. The van der Waals surface area contributed by atoms with Gasteiger partial charge < -0.3 is 15.4 Å². The van der Waals surface area contributed by atoms with E-state index >= 15 is 0 Å². The molecule has 0 radical (unpaired) electrons. The average molecular weight is 525 g/mol. The van der Waals surface area contributed by atoms with Gasteiger partial charge in [-0.05, 0) is 64.5 Å². The molecule has 0 spiro atoms. The second kappa shape index (κ2) is 9.96. The third-order valence-corrected chi connectivity index (χ3v) is 5.57. The van der Waals surface area contributed by atoms with Crippen molar-refractivity contribution in [2.24, 2.45) is 0 Å². The molecule has 0 aromatic heterocycles. The summed E-state index contributed by atoms with van der Waals surface area (Å²) in [6, 6.07) is 20.6. The van der Waals surface area contributed by atoms with E-state index in [1.54, 1.807) is 0 Å². The third kappa shape index (κ3) is 5.99. The van der Waals surface area contributed by atoms with Gasteiger partial charge in [-0.3, -0.25) is 4.79 Å². The molecule has 3 aromatic rings. The number of hydrogen-bond acceptors (Lipinski definition) is 3. The van der Waals surface area contributed by atoms with E-state index in [4.69, 9.17) is 16.3 Å². The Hall–Kier alpha value is -2.02. The Morgan fingerprint density at radius 2 is 1.75 bits per heavy atom. The van der Waals surface area contributed by atoms with Gasteiger partial charge in [-0.15, -0.1) is 0 Å². The Morgan fingerprint density at radius 3 is 2.50 bits per heavy atom. The summed E-state index contributed by atoms with van der Waals surface area (Å²) in [6.07, 6.45) is 0. The summed E-state index contributed by atoms with van der Waals surface area (Å²) < 4.78 is 7.52. The van der Waals surface area contributed by atoms with Crippen molar-refractivity contribution >= 4 is 60.7 Å². The van der Waals surface area contributed by atoms with E-state index in [9.17, 15) is 4.79 Å². The van der Waals surface area contributed by atoms with Crippen LogP contribution in [0.25, 0.3) is 0 Å². The summed E-state index contributed by atoms with van der Waals surface area (Å²) in [5.74, 6) is 0.426. The molecule has 0 aliphatic heterocycles. The molecule has 0 fully saturated rings. The van der Waals surface area contributed by atoms with Gasteiger partial charge in [0.15, 0.2) is 6.61 Å². The van der Waals surface area contributed by atoms with Crippen molar-refractivity contribution in [3.05, 3.63) is 86.3 Å². The molecule has 0 unspecified atom stereocenters. The van der Waals surface area contributed by atoms with Crippen molar-refractivity contribution in [2.75, 3.05) is 17.2 Å². The number of anilines is 2. The van der Waals surface area contributed by atoms with Gasteiger partial charge in [0.1, 0.15) is 5.75 Å². The lowest BCUT2D eigenvalue weighted by Crippen LogP contribution is -2.20. The summed E-state index contributed by atoms with van der Waals surface area (Å²) in [5, 5.41) is 6.75. The minimum Gasteiger partial charge on any atom is -0.483 e. The van der Waals surface area contributed by atoms with Gasteiger partial charge >= 0.3 is 0 Å². The van der Waals surface area contributed by atoms with Gasteiger partial charge in [0, 0.05) is 32.4 Å². The number of ether oxygens (including phenoxy) is 1. The van der Waals surface area contributed by atoms with Gasteiger partial charge in [0.05, 0.1) is 5.02 Å². The number of rotatable bonds is 7. The van der Waals surface area contributed by atoms with Crippen molar-refractivity contribution in [3.63, 3.8) is 0 Å². The predicted molar refractivity (Wildman–Crippen MR) is 121 cm³/mol. The van der Waals surface area contributed by atoms with E-state index < -0.39 is 0 Å². The molecule has 0 atom stereocenters. The molecule has 3 rings (SSSR count). The highest BCUT2D eigenvalue weighted by Crippen LogP contribution is 2.28. The number of hydrogen-bond donors (Lipinski definition) is 2. The SMILES string of the molecule is O=C(COc1ccc(Br)cc1CNc1ccc(Br)c(Cl)c1)Nc1ccccc1. The van der Waals surface area contributed by atoms with Crippen molar-refractivity contribution < 1.29 is 9.53 Å². The molecule has 0 saturated carbocycles. The Bertz CT molecular complexity index is 968. The van der Waals surface area contributed by atoms with Crippen molar-refractivity contribution in [2.45, 2.75) is 6.54 Å². The van der Waals surface area contributed by atoms with E-state index in [0.29, 0.717) is 17.3 Å². The van der Waals surface area contributed by atoms with Crippen LogP contribution < -0.4 is 15.4 Å². The number of amides is 1. The van der Waals surface area contributed by atoms with E-state index in [0.717, 1.165) is 25.9 Å². The van der Waals surface area contributed by atoms with Crippen LogP contribution in [0.4, 0.5) is 11.4 Å². The molecule has 0 heterocycles. The first-order valence-electron chi connectivity index (χ1n) is 8.46. The first-order valence-corrected chi connectivity index (χ1v) is 10.4. The number of carbonyl (C=O) groups is 1. The zero-order chi connectivity index (χ0) is 19.9. The summed E-state index contributed by atoms with van der Waals surface area (Å²) in [7, 11) is 0. The standard InChI is InChI=1S/C21H17Br2ClN2O2/c22-15-6-9-20(28-13-21(27)26-16-4-2-1-3-5-16)14(10-15)12-25-17-7-8-18(23)19(24)11-17/h1-11,25H,12-13H2,(H,26,27). The number of carbonyl (C=O) groups excluding carboxylic acids is 1. The molecule has 0 saturated heterocycles. The number of benzene rings is 3. The zero-order valence-corrected chi connectivity index (χ0v) is 18.6. The van der Waals surface area contributed by atoms with Crippen LogP contribution in [0.3, 0.4) is 0 Å². The van der Waals surface area contributed by atoms with E-state index in [2.05, 4.69) is 42.5 Å². The molecule has 4 nitrogen and oxygen atoms in total. The third-order valence-electron chi connectivity index (χ3n) is 3.84. The fraction of sp³-hybridized carbons (Fsp3) is 0.0952. The van der Waals surface area contributed by atoms with Crippen LogP contribution in [0.5, 0.6) is 5.75 Å². The first kappa shape index (κ1) is 20.7. The van der Waals surface area contributed by atoms with Gasteiger partial charge in [-0.2, -0.15) is 0 Å². The van der Waals surface area contributed by atoms with Gasteiger partial charge in [-0.25, -0.2) is 0 Å². The Balaban J connectivity index is 1.63. The summed E-state index contributed by atoms with van der Waals surface area (Å²) in [6.45, 7) is 0.445. The molecule has 28 heavy (non-hydrogen) atoms. The molecule has 0 aliphatic rings. The van der Waals surface area contributed by atoms with Crippen LogP contribution in [-0.4, -0.2) is 12.5 Å². The van der Waals surface area contributed by atoms with Crippen LogP contribution in [0, 0.1) is 0 Å². The van der Waals surface area contributed by atoms with Crippen LogP contribution in [-0.2, 0) is 11.3 Å². The van der Waals surface area contributed by atoms with Crippen LogP contribution in [0.1, 0.15) is 5.56 Å². The number of nitrogens with one attached hydrogen (secondary N) is 2. The fourth-order valence-electron chi connectivity index (χ4n) is 2.49. The van der Waals surface area contributed by atoms with Gasteiger partial charge in [-0.1, -0.05) is 45.7 Å². The normalized spacial score (nSPS) is 10.4. The first-order chi connectivity index (χ1) is 13.5. The molecular weight excluding hydrogens is 508 g/mol. The molecule has 1 amide bonds. The summed E-state index contributed by atoms with van der Waals surface area (Å²) >= 11 is 13.0. The largest absolute Gasteiger partial charge is 0.483 e. The summed E-state index contributed by atoms with van der Waals surface area (Å²) in [4.78, 5) is 12.1. The fourth-order valence-corrected chi connectivity index (χ4v) is 3.33. The number of halogens is 3. The molecule has 7 heteroatoms. The maximum atomic E-state index is 12.1. The quantitative estimate of drug-likeness (QED) is 0.371. The van der Waals surface area contributed by atoms with E-state index in [1.165, 1.54) is 0 Å². The van der Waals surface area contributed by atoms with Gasteiger partial charge in [0.2, 0.25) is 0 Å². The lowest BCUT2D eigenvalue weighted by molar-refractivity contribution is -0.118. The highest BCUT2D eigenvalue weighted by atomic mass is 79.9. The summed E-state index contributed by atoms with van der Waals surface area (Å²) in [5.41, 5.74) is 2.54. The molecule has 2 N–H and O–H groups in total. The van der Waals surface area contributed by atoms with E-state index in [-0.39, 0.29) is 12.5 Å². The lowest BCUT2D eigenvalue weighted by atomic mass is 10.2. The molecule has 3 aromatic carbocycles. The highest BCUT2D eigenvalue weighted by molar-refractivity contribution is 9.10. The van der Waals surface area contributed by atoms with Crippen LogP contribution >= 0.6 is 43.5 Å². The minimum atomic E-state index is -0.215. The Morgan fingerprint density at radius 1 is 0.964 bits per heavy atom.